The van der Waals surface area contributed by atoms with Crippen molar-refractivity contribution in [2.75, 3.05) is 11.1 Å². The molecule has 4 nitrogen and oxygen atoms in total. The van der Waals surface area contributed by atoms with Gasteiger partial charge in [-0.15, -0.1) is 11.8 Å². The van der Waals surface area contributed by atoms with Gasteiger partial charge in [0.05, 0.1) is 17.1 Å². The molecule has 0 unspecified atom stereocenters. The van der Waals surface area contributed by atoms with Gasteiger partial charge in [0.2, 0.25) is 5.76 Å². The molecule has 0 radical (unpaired) electrons. The van der Waals surface area contributed by atoms with Crippen molar-refractivity contribution in [3.05, 3.63) is 41.8 Å². The van der Waals surface area contributed by atoms with Gasteiger partial charge in [-0.05, 0) is 19.1 Å². The van der Waals surface area contributed by atoms with E-state index in [0.29, 0.717) is 28.0 Å². The molecule has 2 rings (SSSR count). The van der Waals surface area contributed by atoms with Crippen molar-refractivity contribution in [2.24, 2.45) is 0 Å². The Balaban J connectivity index is 2.11. The van der Waals surface area contributed by atoms with E-state index in [-0.39, 0.29) is 5.76 Å². The van der Waals surface area contributed by atoms with Gasteiger partial charge in [0.1, 0.15) is 0 Å². The van der Waals surface area contributed by atoms with Crippen LogP contribution in [0.3, 0.4) is 0 Å². The highest BCUT2D eigenvalue weighted by Crippen LogP contribution is 2.32. The van der Waals surface area contributed by atoms with Crippen LogP contribution in [0, 0.1) is 6.92 Å². The second kappa shape index (κ2) is 6.21. The third kappa shape index (κ3) is 4.52. The van der Waals surface area contributed by atoms with Gasteiger partial charge in [0, 0.05) is 11.0 Å². The van der Waals surface area contributed by atoms with E-state index in [2.05, 4.69) is 10.5 Å². The molecule has 1 N–H and O–H groups in total. The number of nitrogens with zero attached hydrogens (tertiary/aromatic N) is 1. The zero-order valence-electron chi connectivity index (χ0n) is 10.9. The lowest BCUT2D eigenvalue weighted by molar-refractivity contribution is -0.105. The molecule has 0 atom stereocenters. The van der Waals surface area contributed by atoms with Crippen molar-refractivity contribution >= 4 is 23.4 Å². The summed E-state index contributed by atoms with van der Waals surface area (Å²) in [5, 5.41) is 6.10. The lowest BCUT2D eigenvalue weighted by atomic mass is 10.3. The number of carbonyl (C=O) groups is 1. The Hall–Kier alpha value is -1.96. The van der Waals surface area contributed by atoms with Crippen LogP contribution in [0.5, 0.6) is 0 Å². The number of anilines is 1. The number of nitrogens with one attached hydrogen (secondary N) is 1. The molecular weight excluding hydrogens is 305 g/mol. The molecule has 8 heteroatoms. The maximum atomic E-state index is 12.3. The van der Waals surface area contributed by atoms with E-state index < -0.39 is 17.8 Å². The summed E-state index contributed by atoms with van der Waals surface area (Å²) in [4.78, 5) is 12.2. The molecule has 0 aliphatic rings. The monoisotopic (exact) mass is 316 g/mol. The summed E-state index contributed by atoms with van der Waals surface area (Å²) in [6, 6.07) is 7.71. The predicted octanol–water partition coefficient (Wildman–Crippen LogP) is 3.89. The summed E-state index contributed by atoms with van der Waals surface area (Å²) in [7, 11) is 0. The van der Waals surface area contributed by atoms with E-state index in [9.17, 15) is 18.0 Å². The molecule has 1 amide bonds. The third-order valence-electron chi connectivity index (χ3n) is 2.38. The number of para-hydroxylation sites is 1. The quantitative estimate of drug-likeness (QED) is 0.870. The number of aryl methyl sites for hydroxylation is 1. The first-order chi connectivity index (χ1) is 9.85. The van der Waals surface area contributed by atoms with Crippen LogP contribution in [-0.2, 0) is 0 Å². The van der Waals surface area contributed by atoms with E-state index in [4.69, 9.17) is 4.52 Å². The van der Waals surface area contributed by atoms with Crippen molar-refractivity contribution in [3.8, 4) is 0 Å². The molecule has 0 fully saturated rings. The number of benzene rings is 1. The van der Waals surface area contributed by atoms with Gasteiger partial charge in [-0.3, -0.25) is 4.79 Å². The van der Waals surface area contributed by atoms with Crippen LogP contribution >= 0.6 is 11.8 Å². The van der Waals surface area contributed by atoms with E-state index in [1.165, 1.54) is 18.2 Å². The summed E-state index contributed by atoms with van der Waals surface area (Å²) in [6.07, 6.45) is -4.27. The minimum absolute atomic E-state index is 0.00289. The fourth-order valence-corrected chi connectivity index (χ4v) is 2.28. The van der Waals surface area contributed by atoms with Crippen LogP contribution in [0.25, 0.3) is 0 Å². The molecule has 0 bridgehead atoms. The molecule has 0 saturated carbocycles. The average molecular weight is 316 g/mol. The summed E-state index contributed by atoms with van der Waals surface area (Å²) >= 11 is 0.610. The Labute approximate surface area is 122 Å². The number of rotatable bonds is 4. The largest absolute Gasteiger partial charge is 0.398 e. The lowest BCUT2D eigenvalue weighted by Crippen LogP contribution is -2.13. The first-order valence-electron chi connectivity index (χ1n) is 5.88. The standard InChI is InChI=1S/C13H11F3N2O2S/c1-8-6-10(20-18-8)12(19)17-9-4-2-3-5-11(9)21-7-13(14,15)16/h2-6H,7H2,1H3,(H,17,19). The van der Waals surface area contributed by atoms with Crippen LogP contribution in [-0.4, -0.2) is 23.0 Å². The highest BCUT2D eigenvalue weighted by Gasteiger charge is 2.27. The number of amides is 1. The predicted molar refractivity (Wildman–Crippen MR) is 72.4 cm³/mol. The number of aromatic nitrogens is 1. The fourth-order valence-electron chi connectivity index (χ4n) is 1.51. The minimum Gasteiger partial charge on any atom is -0.351 e. The summed E-state index contributed by atoms with van der Waals surface area (Å²) < 4.78 is 41.6. The van der Waals surface area contributed by atoms with Crippen molar-refractivity contribution in [2.45, 2.75) is 18.0 Å². The van der Waals surface area contributed by atoms with Crippen molar-refractivity contribution < 1.29 is 22.5 Å². The Morgan fingerprint density at radius 1 is 1.38 bits per heavy atom. The average Bonchev–Trinajstić information content (AvgIpc) is 2.83. The smallest absolute Gasteiger partial charge is 0.351 e. The number of halogens is 3. The van der Waals surface area contributed by atoms with Gasteiger partial charge in [-0.2, -0.15) is 13.2 Å². The molecule has 0 aliphatic carbocycles. The van der Waals surface area contributed by atoms with Crippen LogP contribution in [0.2, 0.25) is 0 Å². The third-order valence-corrected chi connectivity index (χ3v) is 3.52. The van der Waals surface area contributed by atoms with Gasteiger partial charge < -0.3 is 9.84 Å². The highest BCUT2D eigenvalue weighted by atomic mass is 32.2. The summed E-state index contributed by atoms with van der Waals surface area (Å²) in [6.45, 7) is 1.66. The van der Waals surface area contributed by atoms with Crippen LogP contribution in [0.1, 0.15) is 16.2 Å². The molecule has 0 aliphatic heterocycles. The van der Waals surface area contributed by atoms with E-state index >= 15 is 0 Å². The number of hydrogen-bond acceptors (Lipinski definition) is 4. The molecule has 1 heterocycles. The molecule has 21 heavy (non-hydrogen) atoms. The Morgan fingerprint density at radius 2 is 2.10 bits per heavy atom. The van der Waals surface area contributed by atoms with Crippen molar-refractivity contribution in [3.63, 3.8) is 0 Å². The Morgan fingerprint density at radius 3 is 2.71 bits per heavy atom. The van der Waals surface area contributed by atoms with E-state index in [0.717, 1.165) is 0 Å². The fraction of sp³-hybridized carbons (Fsp3) is 0.231. The van der Waals surface area contributed by atoms with Crippen LogP contribution in [0.4, 0.5) is 18.9 Å². The summed E-state index contributed by atoms with van der Waals surface area (Å²) in [5.74, 6) is -1.58. The van der Waals surface area contributed by atoms with Gasteiger partial charge >= 0.3 is 6.18 Å². The molecule has 1 aromatic heterocycles. The number of thioether (sulfide) groups is 1. The highest BCUT2D eigenvalue weighted by molar-refractivity contribution is 7.99. The Bertz CT molecular complexity index is 640. The number of hydrogen-bond donors (Lipinski definition) is 1. The number of alkyl halides is 3. The van der Waals surface area contributed by atoms with Gasteiger partial charge in [0.25, 0.3) is 5.91 Å². The van der Waals surface area contributed by atoms with Gasteiger partial charge in [-0.25, -0.2) is 0 Å². The van der Waals surface area contributed by atoms with Gasteiger partial charge in [-0.1, -0.05) is 17.3 Å². The minimum atomic E-state index is -4.27. The normalized spacial score (nSPS) is 11.4. The molecule has 1 aromatic carbocycles. The molecular formula is C13H11F3N2O2S. The van der Waals surface area contributed by atoms with E-state index in [1.807, 2.05) is 0 Å². The SMILES string of the molecule is Cc1cc(C(=O)Nc2ccccc2SCC(F)(F)F)on1. The van der Waals surface area contributed by atoms with E-state index in [1.54, 1.807) is 19.1 Å². The zero-order chi connectivity index (χ0) is 15.5. The van der Waals surface area contributed by atoms with Crippen LogP contribution < -0.4 is 5.32 Å². The molecule has 0 saturated heterocycles. The first kappa shape index (κ1) is 15.4. The number of carbonyl (C=O) groups excluding carboxylic acids is 1. The lowest BCUT2D eigenvalue weighted by Gasteiger charge is -2.10. The second-order valence-electron chi connectivity index (χ2n) is 4.19. The summed E-state index contributed by atoms with van der Waals surface area (Å²) in [5.41, 5.74) is 0.839. The Kier molecular flexibility index (Phi) is 4.56. The maximum absolute atomic E-state index is 12.3. The van der Waals surface area contributed by atoms with Crippen molar-refractivity contribution in [1.82, 2.24) is 5.16 Å². The molecule has 112 valence electrons. The maximum Gasteiger partial charge on any atom is 0.398 e. The zero-order valence-corrected chi connectivity index (χ0v) is 11.7. The van der Waals surface area contributed by atoms with Gasteiger partial charge in [0.15, 0.2) is 0 Å². The molecule has 0 spiro atoms. The second-order valence-corrected chi connectivity index (χ2v) is 5.20. The first-order valence-corrected chi connectivity index (χ1v) is 6.87. The topological polar surface area (TPSA) is 55.1 Å². The van der Waals surface area contributed by atoms with Crippen LogP contribution in [0.15, 0.2) is 39.8 Å². The molecule has 2 aromatic rings. The van der Waals surface area contributed by atoms with Crippen molar-refractivity contribution in [1.29, 1.82) is 0 Å².